The van der Waals surface area contributed by atoms with Gasteiger partial charge in [0.15, 0.2) is 0 Å². The molecule has 0 atom stereocenters. The Hall–Kier alpha value is -3.08. The summed E-state index contributed by atoms with van der Waals surface area (Å²) in [6.07, 6.45) is 0.543. The zero-order valence-corrected chi connectivity index (χ0v) is 15.9. The first-order valence-electron chi connectivity index (χ1n) is 8.61. The molecule has 2 aromatic carbocycles. The van der Waals surface area contributed by atoms with Crippen LogP contribution in [0.2, 0.25) is 0 Å². The molecule has 0 unspecified atom stereocenters. The fourth-order valence-corrected chi connectivity index (χ4v) is 3.74. The van der Waals surface area contributed by atoms with Crippen molar-refractivity contribution < 1.29 is 27.3 Å². The summed E-state index contributed by atoms with van der Waals surface area (Å²) in [6, 6.07) is 11.7. The van der Waals surface area contributed by atoms with Crippen molar-refractivity contribution >= 4 is 15.9 Å². The van der Waals surface area contributed by atoms with Crippen LogP contribution in [-0.2, 0) is 21.2 Å². The van der Waals surface area contributed by atoms with Gasteiger partial charge in [-0.3, -0.25) is 10.0 Å². The molecule has 0 saturated carbocycles. The minimum absolute atomic E-state index is 0.0166. The first kappa shape index (κ1) is 20.6. The van der Waals surface area contributed by atoms with Crippen molar-refractivity contribution in [1.82, 2.24) is 10.6 Å². The van der Waals surface area contributed by atoms with Crippen molar-refractivity contribution in [3.05, 3.63) is 60.1 Å². The number of nitrogens with one attached hydrogen (secondary N) is 1. The molecule has 3 aromatic rings. The maximum absolute atomic E-state index is 13.8. The Morgan fingerprint density at radius 3 is 2.66 bits per heavy atom. The summed E-state index contributed by atoms with van der Waals surface area (Å²) in [4.78, 5) is 11.1. The Morgan fingerprint density at radius 1 is 1.21 bits per heavy atom. The highest BCUT2D eigenvalue weighted by Gasteiger charge is 2.25. The van der Waals surface area contributed by atoms with Crippen LogP contribution in [0.3, 0.4) is 0 Å². The van der Waals surface area contributed by atoms with Gasteiger partial charge >= 0.3 is 0 Å². The van der Waals surface area contributed by atoms with Crippen molar-refractivity contribution in [2.45, 2.75) is 24.2 Å². The van der Waals surface area contributed by atoms with Gasteiger partial charge in [-0.05, 0) is 24.6 Å². The molecule has 1 amide bonds. The first-order valence-corrected chi connectivity index (χ1v) is 10.2. The lowest BCUT2D eigenvalue weighted by molar-refractivity contribution is -0.129. The van der Waals surface area contributed by atoms with E-state index in [-0.39, 0.29) is 29.0 Å². The maximum atomic E-state index is 13.8. The molecule has 0 radical (unpaired) electrons. The normalized spacial score (nSPS) is 11.4. The average Bonchev–Trinajstić information content (AvgIpc) is 3.11. The van der Waals surface area contributed by atoms with Crippen LogP contribution in [0, 0.1) is 5.82 Å². The number of benzene rings is 2. The number of carbonyl (C=O) groups is 1. The number of hydrogen-bond acceptors (Lipinski definition) is 6. The second kappa shape index (κ2) is 8.52. The average molecular weight is 419 g/mol. The molecule has 1 aromatic heterocycles. The van der Waals surface area contributed by atoms with Crippen LogP contribution in [-0.4, -0.2) is 24.7 Å². The Morgan fingerprint density at radius 2 is 1.97 bits per heavy atom. The number of nitrogens with zero attached hydrogens (tertiary/aromatic N) is 1. The fourth-order valence-electron chi connectivity index (χ4n) is 2.99. The third-order valence-electron chi connectivity index (χ3n) is 4.26. The number of rotatable bonds is 7. The molecule has 152 valence electrons. The second-order valence-electron chi connectivity index (χ2n) is 6.27. The van der Waals surface area contributed by atoms with E-state index >= 15 is 0 Å². The van der Waals surface area contributed by atoms with Crippen LogP contribution >= 0.6 is 0 Å². The number of aryl methyl sites for hydroxylation is 1. The first-order chi connectivity index (χ1) is 13.8. The van der Waals surface area contributed by atoms with Gasteiger partial charge in [-0.2, -0.15) is 0 Å². The number of halogens is 1. The zero-order chi connectivity index (χ0) is 21.0. The highest BCUT2D eigenvalue weighted by atomic mass is 32.2. The summed E-state index contributed by atoms with van der Waals surface area (Å²) in [5, 5.41) is 18.0. The molecule has 0 spiro atoms. The molecule has 0 aliphatic rings. The minimum atomic E-state index is -4.06. The number of carbonyl (C=O) groups excluding carboxylic acids is 1. The van der Waals surface area contributed by atoms with Crippen LogP contribution in [0.1, 0.15) is 18.6 Å². The molecule has 1 heterocycles. The number of nitrogens with two attached hydrogens (primary N) is 1. The molecular formula is C19H18FN3O5S. The van der Waals surface area contributed by atoms with E-state index in [1.165, 1.54) is 30.3 Å². The predicted octanol–water partition coefficient (Wildman–Crippen LogP) is 2.62. The summed E-state index contributed by atoms with van der Waals surface area (Å²) >= 11 is 0. The number of hydrogen-bond donors (Lipinski definition) is 3. The van der Waals surface area contributed by atoms with Crippen molar-refractivity contribution in [3.63, 3.8) is 0 Å². The monoisotopic (exact) mass is 419 g/mol. The van der Waals surface area contributed by atoms with Crippen LogP contribution in [0.5, 0.6) is 0 Å². The molecule has 0 bridgehead atoms. The van der Waals surface area contributed by atoms with Gasteiger partial charge in [0.05, 0.1) is 10.5 Å². The predicted molar refractivity (Wildman–Crippen MR) is 102 cm³/mol. The number of aromatic nitrogens is 1. The van der Waals surface area contributed by atoms with Crippen LogP contribution in [0.25, 0.3) is 22.4 Å². The molecule has 29 heavy (non-hydrogen) atoms. The summed E-state index contributed by atoms with van der Waals surface area (Å²) in [6.45, 7) is 0. The fraction of sp³-hybridized carbons (Fsp3) is 0.158. The van der Waals surface area contributed by atoms with Gasteiger partial charge in [-0.15, -0.1) is 0 Å². The number of sulfonamides is 1. The van der Waals surface area contributed by atoms with E-state index in [2.05, 4.69) is 5.16 Å². The van der Waals surface area contributed by atoms with Crippen molar-refractivity contribution in [2.75, 3.05) is 0 Å². The molecule has 0 aliphatic carbocycles. The molecule has 3 rings (SSSR count). The SMILES string of the molecule is NS(=O)(=O)c1ccccc1-c1c(-c2cccc(F)c2)noc1CCCC(=O)NO. The standard InChI is InChI=1S/C19H18FN3O5S/c20-13-6-3-5-12(11-13)19-18(14-7-1-2-9-16(14)29(21,26)27)15(28-23-19)8-4-10-17(24)22-25/h1-3,5-7,9,11,25H,4,8,10H2,(H,22,24)(H2,21,26,27). The van der Waals surface area contributed by atoms with E-state index in [0.717, 1.165) is 0 Å². The van der Waals surface area contributed by atoms with E-state index in [0.29, 0.717) is 23.3 Å². The summed E-state index contributed by atoms with van der Waals surface area (Å²) in [5.41, 5.74) is 2.80. The molecule has 4 N–H and O–H groups in total. The van der Waals surface area contributed by atoms with Crippen molar-refractivity contribution in [1.29, 1.82) is 0 Å². The molecule has 10 heteroatoms. The van der Waals surface area contributed by atoms with Gasteiger partial charge < -0.3 is 4.52 Å². The molecular weight excluding hydrogens is 401 g/mol. The summed E-state index contributed by atoms with van der Waals surface area (Å²) < 4.78 is 43.4. The van der Waals surface area contributed by atoms with Crippen molar-refractivity contribution in [2.24, 2.45) is 5.14 Å². The summed E-state index contributed by atoms with van der Waals surface area (Å²) in [7, 11) is -4.06. The summed E-state index contributed by atoms with van der Waals surface area (Å²) in [5.74, 6) is -0.746. The number of amides is 1. The van der Waals surface area contributed by atoms with Gasteiger partial charge in [-0.1, -0.05) is 35.5 Å². The van der Waals surface area contributed by atoms with E-state index < -0.39 is 21.7 Å². The van der Waals surface area contributed by atoms with Gasteiger partial charge in [0.25, 0.3) is 0 Å². The van der Waals surface area contributed by atoms with Crippen LogP contribution in [0.15, 0.2) is 57.9 Å². The van der Waals surface area contributed by atoms with E-state index in [4.69, 9.17) is 14.9 Å². The second-order valence-corrected chi connectivity index (χ2v) is 7.80. The van der Waals surface area contributed by atoms with Gasteiger partial charge in [-0.25, -0.2) is 23.4 Å². The topological polar surface area (TPSA) is 136 Å². The molecule has 8 nitrogen and oxygen atoms in total. The van der Waals surface area contributed by atoms with Gasteiger partial charge in [0.1, 0.15) is 17.3 Å². The largest absolute Gasteiger partial charge is 0.360 e. The lowest BCUT2D eigenvalue weighted by atomic mass is 9.97. The molecule has 0 fully saturated rings. The van der Waals surface area contributed by atoms with Gasteiger partial charge in [0.2, 0.25) is 15.9 Å². The third kappa shape index (κ3) is 4.67. The highest BCUT2D eigenvalue weighted by Crippen LogP contribution is 2.38. The number of hydroxylamine groups is 1. The maximum Gasteiger partial charge on any atom is 0.243 e. The number of primary sulfonamides is 1. The Kier molecular flexibility index (Phi) is 6.06. The Labute approximate surface area is 166 Å². The Balaban J connectivity index is 2.15. The van der Waals surface area contributed by atoms with E-state index in [1.54, 1.807) is 23.7 Å². The quantitative estimate of drug-likeness (QED) is 0.398. The highest BCUT2D eigenvalue weighted by molar-refractivity contribution is 7.89. The smallest absolute Gasteiger partial charge is 0.243 e. The van der Waals surface area contributed by atoms with Gasteiger partial charge in [0, 0.05) is 24.0 Å². The van der Waals surface area contributed by atoms with E-state index in [9.17, 15) is 17.6 Å². The lowest BCUT2D eigenvalue weighted by Crippen LogP contribution is -2.18. The Bertz CT molecular complexity index is 1140. The van der Waals surface area contributed by atoms with E-state index in [1.807, 2.05) is 0 Å². The minimum Gasteiger partial charge on any atom is -0.360 e. The van der Waals surface area contributed by atoms with Crippen LogP contribution < -0.4 is 10.6 Å². The zero-order valence-electron chi connectivity index (χ0n) is 15.1. The third-order valence-corrected chi connectivity index (χ3v) is 5.23. The molecule has 0 aliphatic heterocycles. The van der Waals surface area contributed by atoms with Crippen LogP contribution in [0.4, 0.5) is 4.39 Å². The van der Waals surface area contributed by atoms with Crippen molar-refractivity contribution in [3.8, 4) is 22.4 Å². The molecule has 0 saturated heterocycles. The lowest BCUT2D eigenvalue weighted by Gasteiger charge is -2.09.